The molecule has 4 nitrogen and oxygen atoms in total. The average molecular weight is 279 g/mol. The van der Waals surface area contributed by atoms with Crippen molar-refractivity contribution in [2.75, 3.05) is 20.7 Å². The standard InChI is InChI=1S/C16H25NO3/c1-11(2)12-6-7-13(18)16(10-20-16)15(12,3)9-8-14(19)17(4)5/h12H,1,6-10H2,2-5H3/t12-,15-,16+/m1/s1. The first-order valence-electron chi connectivity index (χ1n) is 7.27. The van der Waals surface area contributed by atoms with E-state index in [2.05, 4.69) is 13.5 Å². The Labute approximate surface area is 121 Å². The van der Waals surface area contributed by atoms with Gasteiger partial charge in [0.15, 0.2) is 11.4 Å². The molecule has 4 heteroatoms. The second kappa shape index (κ2) is 4.99. The molecule has 0 bridgehead atoms. The molecule has 112 valence electrons. The van der Waals surface area contributed by atoms with Gasteiger partial charge in [-0.3, -0.25) is 9.59 Å². The molecule has 2 rings (SSSR count). The third-order valence-electron chi connectivity index (χ3n) is 5.19. The van der Waals surface area contributed by atoms with Crippen molar-refractivity contribution in [1.82, 2.24) is 4.90 Å². The van der Waals surface area contributed by atoms with Gasteiger partial charge in [-0.25, -0.2) is 0 Å². The predicted molar refractivity (Wildman–Crippen MR) is 77.3 cm³/mol. The van der Waals surface area contributed by atoms with E-state index in [-0.39, 0.29) is 23.0 Å². The van der Waals surface area contributed by atoms with Crippen molar-refractivity contribution in [3.05, 3.63) is 12.2 Å². The number of amides is 1. The van der Waals surface area contributed by atoms with Gasteiger partial charge in [0.1, 0.15) is 0 Å². The molecule has 1 aliphatic carbocycles. The van der Waals surface area contributed by atoms with Gasteiger partial charge < -0.3 is 9.64 Å². The van der Waals surface area contributed by atoms with Crippen molar-refractivity contribution < 1.29 is 14.3 Å². The molecule has 1 saturated carbocycles. The molecule has 0 aromatic rings. The van der Waals surface area contributed by atoms with E-state index in [0.29, 0.717) is 25.9 Å². The summed E-state index contributed by atoms with van der Waals surface area (Å²) in [5.41, 5.74) is 0.133. The number of nitrogens with zero attached hydrogens (tertiary/aromatic N) is 1. The fraction of sp³-hybridized carbons (Fsp3) is 0.750. The van der Waals surface area contributed by atoms with E-state index in [0.717, 1.165) is 12.0 Å². The highest BCUT2D eigenvalue weighted by Gasteiger charge is 2.67. The van der Waals surface area contributed by atoms with Crippen LogP contribution in [0.2, 0.25) is 0 Å². The number of epoxide rings is 1. The van der Waals surface area contributed by atoms with Crippen molar-refractivity contribution >= 4 is 11.7 Å². The van der Waals surface area contributed by atoms with Crippen LogP contribution in [0.15, 0.2) is 12.2 Å². The maximum absolute atomic E-state index is 12.3. The number of hydrogen-bond donors (Lipinski definition) is 0. The lowest BCUT2D eigenvalue weighted by Gasteiger charge is -2.46. The molecule has 2 aliphatic rings. The molecular formula is C16H25NO3. The van der Waals surface area contributed by atoms with Crippen LogP contribution in [0.25, 0.3) is 0 Å². The van der Waals surface area contributed by atoms with Gasteiger partial charge in [-0.15, -0.1) is 0 Å². The summed E-state index contributed by atoms with van der Waals surface area (Å²) in [4.78, 5) is 25.8. The minimum Gasteiger partial charge on any atom is -0.361 e. The molecule has 0 N–H and O–H groups in total. The summed E-state index contributed by atoms with van der Waals surface area (Å²) in [6.07, 6.45) is 2.51. The van der Waals surface area contributed by atoms with E-state index in [1.165, 1.54) is 0 Å². The lowest BCUT2D eigenvalue weighted by atomic mass is 9.56. The van der Waals surface area contributed by atoms with Gasteiger partial charge in [-0.1, -0.05) is 19.1 Å². The number of allylic oxidation sites excluding steroid dienone is 1. The van der Waals surface area contributed by atoms with Crippen molar-refractivity contribution in [2.24, 2.45) is 11.3 Å². The van der Waals surface area contributed by atoms with Crippen LogP contribution in [0.4, 0.5) is 0 Å². The number of carbonyl (C=O) groups excluding carboxylic acids is 2. The number of carbonyl (C=O) groups is 2. The topological polar surface area (TPSA) is 49.9 Å². The maximum atomic E-state index is 12.3. The highest BCUT2D eigenvalue weighted by Crippen LogP contribution is 2.59. The van der Waals surface area contributed by atoms with E-state index < -0.39 is 5.60 Å². The molecule has 1 spiro atoms. The largest absolute Gasteiger partial charge is 0.361 e. The molecule has 3 atom stereocenters. The van der Waals surface area contributed by atoms with Gasteiger partial charge in [0, 0.05) is 32.4 Å². The lowest BCUT2D eigenvalue weighted by Crippen LogP contribution is -2.52. The summed E-state index contributed by atoms with van der Waals surface area (Å²) in [6.45, 7) is 8.71. The minimum absolute atomic E-state index is 0.0977. The minimum atomic E-state index is -0.651. The first-order valence-corrected chi connectivity index (χ1v) is 7.27. The van der Waals surface area contributed by atoms with Crippen LogP contribution in [0, 0.1) is 11.3 Å². The first kappa shape index (κ1) is 15.2. The Hall–Kier alpha value is -1.16. The van der Waals surface area contributed by atoms with Gasteiger partial charge in [-0.05, 0) is 25.7 Å². The smallest absolute Gasteiger partial charge is 0.222 e. The molecule has 1 aliphatic heterocycles. The van der Waals surface area contributed by atoms with Crippen LogP contribution in [-0.2, 0) is 14.3 Å². The Balaban J connectivity index is 2.23. The Bertz CT molecular complexity index is 451. The van der Waals surface area contributed by atoms with Gasteiger partial charge in [0.05, 0.1) is 6.61 Å². The van der Waals surface area contributed by atoms with E-state index in [1.54, 1.807) is 19.0 Å². The van der Waals surface area contributed by atoms with Gasteiger partial charge in [-0.2, -0.15) is 0 Å². The van der Waals surface area contributed by atoms with E-state index in [9.17, 15) is 9.59 Å². The highest BCUT2D eigenvalue weighted by molar-refractivity contribution is 5.92. The third kappa shape index (κ3) is 2.20. The molecule has 0 aromatic carbocycles. The molecule has 0 aromatic heterocycles. The van der Waals surface area contributed by atoms with Crippen LogP contribution in [0.1, 0.15) is 39.5 Å². The van der Waals surface area contributed by atoms with E-state index in [4.69, 9.17) is 4.74 Å². The zero-order valence-electron chi connectivity index (χ0n) is 13.0. The molecule has 0 radical (unpaired) electrons. The quantitative estimate of drug-likeness (QED) is 0.585. The van der Waals surface area contributed by atoms with Crippen molar-refractivity contribution in [1.29, 1.82) is 0 Å². The average Bonchev–Trinajstić information content (AvgIpc) is 3.15. The van der Waals surface area contributed by atoms with Crippen LogP contribution < -0.4 is 0 Å². The molecule has 1 saturated heterocycles. The number of ketones is 1. The predicted octanol–water partition coefficient (Wildman–Crippen LogP) is 2.19. The molecule has 1 heterocycles. The number of Topliss-reactive ketones (excluding diaryl/α,β-unsaturated/α-hetero) is 1. The summed E-state index contributed by atoms with van der Waals surface area (Å²) in [5, 5.41) is 0. The molecule has 1 amide bonds. The summed E-state index contributed by atoms with van der Waals surface area (Å²) in [5.74, 6) is 0.549. The fourth-order valence-electron chi connectivity index (χ4n) is 3.72. The monoisotopic (exact) mass is 279 g/mol. The summed E-state index contributed by atoms with van der Waals surface area (Å²) >= 11 is 0. The Morgan fingerprint density at radius 3 is 2.55 bits per heavy atom. The zero-order chi connectivity index (χ0) is 15.1. The van der Waals surface area contributed by atoms with Crippen molar-refractivity contribution in [3.63, 3.8) is 0 Å². The second-order valence-corrected chi connectivity index (χ2v) is 6.68. The SMILES string of the molecule is C=C(C)[C@H]1CCC(=O)[C@@]2(CO2)[C@]1(C)CCC(=O)N(C)C. The third-order valence-corrected chi connectivity index (χ3v) is 5.19. The number of hydrogen-bond acceptors (Lipinski definition) is 3. The Morgan fingerprint density at radius 2 is 2.10 bits per heavy atom. The van der Waals surface area contributed by atoms with Crippen LogP contribution in [0.3, 0.4) is 0 Å². The zero-order valence-corrected chi connectivity index (χ0v) is 13.0. The fourth-order valence-corrected chi connectivity index (χ4v) is 3.72. The van der Waals surface area contributed by atoms with Gasteiger partial charge in [0.25, 0.3) is 0 Å². The summed E-state index contributed by atoms with van der Waals surface area (Å²) in [6, 6.07) is 0. The normalized spacial score (nSPS) is 36.0. The van der Waals surface area contributed by atoms with E-state index in [1.807, 2.05) is 6.92 Å². The lowest BCUT2D eigenvalue weighted by molar-refractivity contribution is -0.138. The van der Waals surface area contributed by atoms with Crippen LogP contribution >= 0.6 is 0 Å². The van der Waals surface area contributed by atoms with Crippen LogP contribution in [0.5, 0.6) is 0 Å². The number of ether oxygens (including phenoxy) is 1. The summed E-state index contributed by atoms with van der Waals surface area (Å²) in [7, 11) is 3.52. The molecular weight excluding hydrogens is 254 g/mol. The number of rotatable bonds is 4. The first-order chi connectivity index (χ1) is 9.24. The Morgan fingerprint density at radius 1 is 1.50 bits per heavy atom. The molecule has 2 fully saturated rings. The maximum Gasteiger partial charge on any atom is 0.222 e. The van der Waals surface area contributed by atoms with Crippen molar-refractivity contribution in [2.45, 2.75) is 45.1 Å². The summed E-state index contributed by atoms with van der Waals surface area (Å²) < 4.78 is 5.62. The van der Waals surface area contributed by atoms with Gasteiger partial charge in [0.2, 0.25) is 5.91 Å². The van der Waals surface area contributed by atoms with Crippen LogP contribution in [-0.4, -0.2) is 42.9 Å². The second-order valence-electron chi connectivity index (χ2n) is 6.68. The molecule has 20 heavy (non-hydrogen) atoms. The van der Waals surface area contributed by atoms with Gasteiger partial charge >= 0.3 is 0 Å². The van der Waals surface area contributed by atoms with Crippen molar-refractivity contribution in [3.8, 4) is 0 Å². The van der Waals surface area contributed by atoms with E-state index >= 15 is 0 Å². The molecule has 0 unspecified atom stereocenters. The highest BCUT2D eigenvalue weighted by atomic mass is 16.6. The Kier molecular flexibility index (Phi) is 3.80.